The van der Waals surface area contributed by atoms with E-state index in [9.17, 15) is 0 Å². The van der Waals surface area contributed by atoms with E-state index < -0.39 is 0 Å². The Morgan fingerprint density at radius 1 is 1.50 bits per heavy atom. The lowest BCUT2D eigenvalue weighted by atomic mass is 9.93. The third-order valence-electron chi connectivity index (χ3n) is 1.95. The summed E-state index contributed by atoms with van der Waals surface area (Å²) in [7, 11) is 0. The predicted molar refractivity (Wildman–Crippen MR) is 50.6 cm³/mol. The van der Waals surface area contributed by atoms with E-state index in [1.54, 1.807) is 0 Å². The maximum absolute atomic E-state index is 8.51. The van der Waals surface area contributed by atoms with Gasteiger partial charge in [-0.15, -0.1) is 0 Å². The zero-order valence-electron chi connectivity index (χ0n) is 8.30. The summed E-state index contributed by atoms with van der Waals surface area (Å²) >= 11 is 0. The highest BCUT2D eigenvalue weighted by atomic mass is 15.1. The van der Waals surface area contributed by atoms with Crippen LogP contribution < -0.4 is 5.73 Å². The third-order valence-corrected chi connectivity index (χ3v) is 1.95. The molecule has 0 aromatic heterocycles. The highest BCUT2D eigenvalue weighted by molar-refractivity contribution is 4.80. The maximum atomic E-state index is 8.51. The van der Waals surface area contributed by atoms with E-state index in [4.69, 9.17) is 11.0 Å². The topological polar surface area (TPSA) is 53.0 Å². The molecule has 3 heteroatoms. The van der Waals surface area contributed by atoms with Crippen LogP contribution in [0.1, 0.15) is 20.8 Å². The van der Waals surface area contributed by atoms with Gasteiger partial charge in [0.05, 0.1) is 12.6 Å². The number of rotatable bonds is 5. The van der Waals surface area contributed by atoms with Crippen LogP contribution in [-0.2, 0) is 0 Å². The highest BCUT2D eigenvalue weighted by Crippen LogP contribution is 2.13. The van der Waals surface area contributed by atoms with E-state index in [2.05, 4.69) is 31.7 Å². The van der Waals surface area contributed by atoms with Crippen LogP contribution in [-0.4, -0.2) is 31.1 Å². The molecule has 70 valence electrons. The summed E-state index contributed by atoms with van der Waals surface area (Å²) in [4.78, 5) is 2.10. The zero-order chi connectivity index (χ0) is 9.61. The molecule has 0 aliphatic rings. The van der Waals surface area contributed by atoms with E-state index in [-0.39, 0.29) is 5.41 Å². The second kappa shape index (κ2) is 5.13. The molecule has 3 nitrogen and oxygen atoms in total. The Bertz CT molecular complexity index is 158. The quantitative estimate of drug-likeness (QED) is 0.620. The lowest BCUT2D eigenvalue weighted by Gasteiger charge is -2.29. The van der Waals surface area contributed by atoms with Crippen molar-refractivity contribution in [2.24, 2.45) is 11.1 Å². The average Bonchev–Trinajstić information content (AvgIpc) is 2.03. The van der Waals surface area contributed by atoms with Gasteiger partial charge < -0.3 is 5.73 Å². The first-order valence-corrected chi connectivity index (χ1v) is 4.35. The van der Waals surface area contributed by atoms with Crippen LogP contribution in [0.25, 0.3) is 0 Å². The summed E-state index contributed by atoms with van der Waals surface area (Å²) in [5.74, 6) is 0. The molecule has 0 rings (SSSR count). The lowest BCUT2D eigenvalue weighted by Crippen LogP contribution is -2.38. The minimum absolute atomic E-state index is 0.118. The molecule has 2 N–H and O–H groups in total. The van der Waals surface area contributed by atoms with Crippen molar-refractivity contribution < 1.29 is 0 Å². The third kappa shape index (κ3) is 4.32. The molecular formula is C9H19N3. The molecule has 0 atom stereocenters. The fraction of sp³-hybridized carbons (Fsp3) is 0.889. The van der Waals surface area contributed by atoms with Crippen LogP contribution in [0, 0.1) is 16.7 Å². The monoisotopic (exact) mass is 169 g/mol. The fourth-order valence-corrected chi connectivity index (χ4v) is 1.05. The zero-order valence-corrected chi connectivity index (χ0v) is 8.30. The second-order valence-electron chi connectivity index (χ2n) is 3.83. The Balaban J connectivity index is 3.94. The van der Waals surface area contributed by atoms with Gasteiger partial charge in [-0.2, -0.15) is 5.26 Å². The molecule has 0 heterocycles. The van der Waals surface area contributed by atoms with E-state index in [1.807, 2.05) is 0 Å². The first kappa shape index (κ1) is 11.4. The van der Waals surface area contributed by atoms with Crippen molar-refractivity contribution in [3.05, 3.63) is 0 Å². The summed E-state index contributed by atoms with van der Waals surface area (Å²) in [6.07, 6.45) is 0. The van der Waals surface area contributed by atoms with Crippen molar-refractivity contribution in [1.29, 1.82) is 5.26 Å². The summed E-state index contributed by atoms with van der Waals surface area (Å²) < 4.78 is 0. The van der Waals surface area contributed by atoms with Crippen molar-refractivity contribution in [2.75, 3.05) is 26.2 Å². The lowest BCUT2D eigenvalue weighted by molar-refractivity contribution is 0.208. The van der Waals surface area contributed by atoms with Crippen molar-refractivity contribution in [2.45, 2.75) is 20.8 Å². The Morgan fingerprint density at radius 3 is 2.42 bits per heavy atom. The molecule has 0 unspecified atom stereocenters. The molecule has 12 heavy (non-hydrogen) atoms. The second-order valence-corrected chi connectivity index (χ2v) is 3.83. The van der Waals surface area contributed by atoms with E-state index in [0.717, 1.165) is 13.1 Å². The van der Waals surface area contributed by atoms with Crippen LogP contribution >= 0.6 is 0 Å². The van der Waals surface area contributed by atoms with Gasteiger partial charge in [0.25, 0.3) is 0 Å². The number of hydrogen-bond donors (Lipinski definition) is 1. The van der Waals surface area contributed by atoms with Crippen LogP contribution in [0.4, 0.5) is 0 Å². The number of nitrogens with two attached hydrogens (primary N) is 1. The Morgan fingerprint density at radius 2 is 2.08 bits per heavy atom. The molecule has 0 aromatic carbocycles. The van der Waals surface area contributed by atoms with Gasteiger partial charge in [0.15, 0.2) is 0 Å². The minimum atomic E-state index is 0.118. The molecule has 0 saturated heterocycles. The predicted octanol–water partition coefficient (Wildman–Crippen LogP) is 0.817. The summed E-state index contributed by atoms with van der Waals surface area (Å²) in [5.41, 5.74) is 5.71. The first-order chi connectivity index (χ1) is 5.55. The highest BCUT2D eigenvalue weighted by Gasteiger charge is 2.18. The van der Waals surface area contributed by atoms with Gasteiger partial charge in [-0.05, 0) is 18.5 Å². The van der Waals surface area contributed by atoms with Crippen molar-refractivity contribution >= 4 is 0 Å². The normalized spacial score (nSPS) is 11.7. The molecule has 0 spiro atoms. The number of nitrogens with zero attached hydrogens (tertiary/aromatic N) is 2. The number of hydrogen-bond acceptors (Lipinski definition) is 3. The molecule has 0 bridgehead atoms. The largest absolute Gasteiger partial charge is 0.330 e. The Labute approximate surface area is 75.2 Å². The Hall–Kier alpha value is -0.590. The first-order valence-electron chi connectivity index (χ1n) is 4.35. The van der Waals surface area contributed by atoms with Crippen molar-refractivity contribution in [1.82, 2.24) is 4.90 Å². The smallest absolute Gasteiger partial charge is 0.0866 e. The Kier molecular flexibility index (Phi) is 4.87. The van der Waals surface area contributed by atoms with Gasteiger partial charge in [-0.3, -0.25) is 4.90 Å². The van der Waals surface area contributed by atoms with Gasteiger partial charge in [0.2, 0.25) is 0 Å². The summed E-state index contributed by atoms with van der Waals surface area (Å²) in [6, 6.07) is 2.15. The summed E-state index contributed by atoms with van der Waals surface area (Å²) in [5, 5.41) is 8.51. The van der Waals surface area contributed by atoms with Crippen LogP contribution in [0.15, 0.2) is 0 Å². The molecule has 0 aliphatic carbocycles. The number of nitriles is 1. The van der Waals surface area contributed by atoms with Crippen LogP contribution in [0.2, 0.25) is 0 Å². The van der Waals surface area contributed by atoms with E-state index in [1.165, 1.54) is 0 Å². The molecule has 0 radical (unpaired) electrons. The van der Waals surface area contributed by atoms with Gasteiger partial charge in [-0.25, -0.2) is 0 Å². The van der Waals surface area contributed by atoms with Gasteiger partial charge >= 0.3 is 0 Å². The van der Waals surface area contributed by atoms with Gasteiger partial charge in [-0.1, -0.05) is 20.8 Å². The van der Waals surface area contributed by atoms with Crippen LogP contribution in [0.5, 0.6) is 0 Å². The summed E-state index contributed by atoms with van der Waals surface area (Å²) in [6.45, 7) is 9.27. The van der Waals surface area contributed by atoms with E-state index in [0.29, 0.717) is 13.1 Å². The van der Waals surface area contributed by atoms with Gasteiger partial charge in [0.1, 0.15) is 0 Å². The maximum Gasteiger partial charge on any atom is 0.0866 e. The van der Waals surface area contributed by atoms with Gasteiger partial charge in [0, 0.05) is 6.54 Å². The van der Waals surface area contributed by atoms with Crippen molar-refractivity contribution in [3.8, 4) is 6.07 Å². The fourth-order valence-electron chi connectivity index (χ4n) is 1.05. The molecule has 0 aromatic rings. The average molecular weight is 169 g/mol. The molecular weight excluding hydrogens is 150 g/mol. The molecule has 0 aliphatic heterocycles. The SMILES string of the molecule is CCN(CC#N)CC(C)(C)CN. The standard InChI is InChI=1S/C9H19N3/c1-4-12(6-5-10)8-9(2,3)7-11/h4,6-8,11H2,1-3H3. The van der Waals surface area contributed by atoms with Crippen LogP contribution in [0.3, 0.4) is 0 Å². The van der Waals surface area contributed by atoms with Crippen molar-refractivity contribution in [3.63, 3.8) is 0 Å². The molecule has 0 fully saturated rings. The molecule has 0 saturated carbocycles. The minimum Gasteiger partial charge on any atom is -0.330 e. The van der Waals surface area contributed by atoms with E-state index >= 15 is 0 Å². The molecule has 0 amide bonds.